The maximum absolute atomic E-state index is 12.4. The lowest BCUT2D eigenvalue weighted by atomic mass is 9.95. The summed E-state index contributed by atoms with van der Waals surface area (Å²) in [6.07, 6.45) is 0.522. The lowest BCUT2D eigenvalue weighted by Crippen LogP contribution is -2.41. The van der Waals surface area contributed by atoms with Crippen LogP contribution in [0.3, 0.4) is 0 Å². The highest BCUT2D eigenvalue weighted by atomic mass is 79.9. The highest BCUT2D eigenvalue weighted by Crippen LogP contribution is 2.29. The molecule has 2 N–H and O–H groups in total. The molecular weight excluding hydrogens is 422 g/mol. The number of benzene rings is 1. The summed E-state index contributed by atoms with van der Waals surface area (Å²) in [7, 11) is -3.69. The molecule has 1 aromatic carbocycles. The van der Waals surface area contributed by atoms with Crippen molar-refractivity contribution in [3.05, 3.63) is 26.6 Å². The predicted octanol–water partition coefficient (Wildman–Crippen LogP) is 3.60. The van der Waals surface area contributed by atoms with E-state index in [1.165, 1.54) is 0 Å². The van der Waals surface area contributed by atoms with Crippen LogP contribution in [0.4, 0.5) is 0 Å². The fourth-order valence-corrected chi connectivity index (χ4v) is 4.95. The Hall–Kier alpha value is 0.0500. The molecule has 0 spiro atoms. The van der Waals surface area contributed by atoms with Gasteiger partial charge in [0.05, 0.1) is 10.5 Å². The van der Waals surface area contributed by atoms with Crippen LogP contribution in [-0.4, -0.2) is 25.7 Å². The monoisotopic (exact) mass is 441 g/mol. The summed E-state index contributed by atoms with van der Waals surface area (Å²) in [5, 5.41) is 10.2. The molecule has 0 aliphatic carbocycles. The molecule has 120 valence electrons. The van der Waals surface area contributed by atoms with Gasteiger partial charge in [0.1, 0.15) is 0 Å². The van der Waals surface area contributed by atoms with Crippen LogP contribution in [0.25, 0.3) is 0 Å². The molecule has 0 heterocycles. The third-order valence-corrected chi connectivity index (χ3v) is 6.21. The van der Waals surface area contributed by atoms with Crippen molar-refractivity contribution < 1.29 is 13.5 Å². The molecular formula is C14H21Br2NO3S. The zero-order chi connectivity index (χ0) is 16.4. The van der Waals surface area contributed by atoms with E-state index in [0.29, 0.717) is 10.9 Å². The van der Waals surface area contributed by atoms with Crippen molar-refractivity contribution in [2.24, 2.45) is 5.92 Å². The molecule has 0 aliphatic heterocycles. The van der Waals surface area contributed by atoms with E-state index in [0.717, 1.165) is 10.0 Å². The van der Waals surface area contributed by atoms with Gasteiger partial charge in [0.2, 0.25) is 10.0 Å². The van der Waals surface area contributed by atoms with E-state index in [9.17, 15) is 13.5 Å². The highest BCUT2D eigenvalue weighted by Gasteiger charge is 2.26. The fourth-order valence-electron chi connectivity index (χ4n) is 2.11. The van der Waals surface area contributed by atoms with E-state index in [-0.39, 0.29) is 17.4 Å². The summed E-state index contributed by atoms with van der Waals surface area (Å²) in [4.78, 5) is 0.153. The Labute approximate surface area is 143 Å². The molecule has 0 saturated carbocycles. The Balaban J connectivity index is 2.95. The maximum atomic E-state index is 12.4. The van der Waals surface area contributed by atoms with Crippen LogP contribution in [0, 0.1) is 12.8 Å². The van der Waals surface area contributed by atoms with Gasteiger partial charge in [0.25, 0.3) is 0 Å². The van der Waals surface area contributed by atoms with E-state index >= 15 is 0 Å². The van der Waals surface area contributed by atoms with E-state index in [2.05, 4.69) is 36.6 Å². The van der Waals surface area contributed by atoms with Crippen LogP contribution in [0.1, 0.15) is 32.8 Å². The Morgan fingerprint density at radius 2 is 1.86 bits per heavy atom. The van der Waals surface area contributed by atoms with Gasteiger partial charge < -0.3 is 5.11 Å². The van der Waals surface area contributed by atoms with E-state index in [4.69, 9.17) is 0 Å². The highest BCUT2D eigenvalue weighted by molar-refractivity contribution is 9.11. The van der Waals surface area contributed by atoms with Gasteiger partial charge in [0.15, 0.2) is 0 Å². The first-order valence-electron chi connectivity index (χ1n) is 6.62. The molecule has 0 fully saturated rings. The molecule has 0 aliphatic rings. The quantitative estimate of drug-likeness (QED) is 0.707. The zero-order valence-corrected chi connectivity index (χ0v) is 16.6. The van der Waals surface area contributed by atoms with Gasteiger partial charge in [-0.1, -0.05) is 29.8 Å². The minimum Gasteiger partial charge on any atom is -0.389 e. The first kappa shape index (κ1) is 19.1. The molecule has 21 heavy (non-hydrogen) atoms. The Kier molecular flexibility index (Phi) is 6.44. The molecule has 1 atom stereocenters. The minimum absolute atomic E-state index is 0.0224. The second-order valence-corrected chi connectivity index (χ2v) is 9.40. The number of hydrogen-bond acceptors (Lipinski definition) is 3. The second-order valence-electron chi connectivity index (χ2n) is 5.95. The Morgan fingerprint density at radius 3 is 2.38 bits per heavy atom. The molecule has 1 aromatic rings. The van der Waals surface area contributed by atoms with Crippen LogP contribution < -0.4 is 4.72 Å². The number of aryl methyl sites for hydroxylation is 1. The van der Waals surface area contributed by atoms with Gasteiger partial charge in [-0.2, -0.15) is 0 Å². The van der Waals surface area contributed by atoms with E-state index in [1.54, 1.807) is 19.1 Å². The van der Waals surface area contributed by atoms with Gasteiger partial charge >= 0.3 is 0 Å². The third kappa shape index (κ3) is 5.63. The Bertz CT molecular complexity index is 613. The first-order valence-corrected chi connectivity index (χ1v) is 9.69. The van der Waals surface area contributed by atoms with E-state index < -0.39 is 15.6 Å². The van der Waals surface area contributed by atoms with Crippen LogP contribution in [0.2, 0.25) is 0 Å². The fraction of sp³-hybridized carbons (Fsp3) is 0.571. The predicted molar refractivity (Wildman–Crippen MR) is 91.8 cm³/mol. The van der Waals surface area contributed by atoms with Crippen LogP contribution >= 0.6 is 31.9 Å². The van der Waals surface area contributed by atoms with E-state index in [1.807, 2.05) is 20.8 Å². The maximum Gasteiger partial charge on any atom is 0.241 e. The lowest BCUT2D eigenvalue weighted by molar-refractivity contribution is 0.0436. The number of rotatable bonds is 6. The average Bonchev–Trinajstić information content (AvgIpc) is 2.30. The van der Waals surface area contributed by atoms with Gasteiger partial charge in [-0.3, -0.25) is 0 Å². The molecule has 0 aromatic heterocycles. The minimum atomic E-state index is -3.69. The SMILES string of the molecule is Cc1cc(Br)c(S(=O)(=O)NCC(C)(O)CC(C)C)cc1Br. The van der Waals surface area contributed by atoms with Gasteiger partial charge in [-0.05, 0) is 59.8 Å². The summed E-state index contributed by atoms with van der Waals surface area (Å²) < 4.78 is 28.5. The molecule has 0 saturated heterocycles. The van der Waals surface area contributed by atoms with Crippen molar-refractivity contribution in [3.63, 3.8) is 0 Å². The summed E-state index contributed by atoms with van der Waals surface area (Å²) in [5.41, 5.74) is -0.136. The van der Waals surface area contributed by atoms with Crippen LogP contribution in [-0.2, 0) is 10.0 Å². The molecule has 7 heteroatoms. The number of nitrogens with one attached hydrogen (secondary N) is 1. The third-order valence-electron chi connectivity index (χ3n) is 2.99. The molecule has 1 rings (SSSR count). The van der Waals surface area contributed by atoms with Crippen molar-refractivity contribution in [2.45, 2.75) is 44.6 Å². The topological polar surface area (TPSA) is 66.4 Å². The van der Waals surface area contributed by atoms with Crippen LogP contribution in [0.15, 0.2) is 26.0 Å². The number of aliphatic hydroxyl groups is 1. The summed E-state index contributed by atoms with van der Waals surface area (Å²) in [6, 6.07) is 3.30. The van der Waals surface area contributed by atoms with Crippen molar-refractivity contribution in [3.8, 4) is 0 Å². The van der Waals surface area contributed by atoms with Gasteiger partial charge in [-0.15, -0.1) is 0 Å². The zero-order valence-electron chi connectivity index (χ0n) is 12.6. The lowest BCUT2D eigenvalue weighted by Gasteiger charge is -2.25. The average molecular weight is 443 g/mol. The van der Waals surface area contributed by atoms with Crippen molar-refractivity contribution in [1.29, 1.82) is 0 Å². The second kappa shape index (κ2) is 7.08. The molecule has 1 unspecified atom stereocenters. The Morgan fingerprint density at radius 1 is 1.29 bits per heavy atom. The number of halogens is 2. The van der Waals surface area contributed by atoms with Crippen molar-refractivity contribution in [1.82, 2.24) is 4.72 Å². The van der Waals surface area contributed by atoms with Crippen molar-refractivity contribution >= 4 is 41.9 Å². The molecule has 4 nitrogen and oxygen atoms in total. The summed E-state index contributed by atoms with van der Waals surface area (Å²) in [5.74, 6) is 0.282. The molecule has 0 bridgehead atoms. The first-order chi connectivity index (χ1) is 9.44. The van der Waals surface area contributed by atoms with Crippen LogP contribution in [0.5, 0.6) is 0 Å². The number of sulfonamides is 1. The number of hydrogen-bond donors (Lipinski definition) is 2. The van der Waals surface area contributed by atoms with Gasteiger partial charge in [0, 0.05) is 15.5 Å². The summed E-state index contributed by atoms with van der Waals surface area (Å²) >= 11 is 6.61. The van der Waals surface area contributed by atoms with Gasteiger partial charge in [-0.25, -0.2) is 13.1 Å². The largest absolute Gasteiger partial charge is 0.389 e. The smallest absolute Gasteiger partial charge is 0.241 e. The molecule has 0 radical (unpaired) electrons. The normalized spacial score (nSPS) is 15.2. The molecule has 0 amide bonds. The summed E-state index contributed by atoms with van der Waals surface area (Å²) in [6.45, 7) is 7.46. The van der Waals surface area contributed by atoms with Crippen molar-refractivity contribution in [2.75, 3.05) is 6.54 Å². The standard InChI is InChI=1S/C14H21Br2NO3S/c1-9(2)7-14(4,18)8-17-21(19,20)13-6-11(15)10(3)5-12(13)16/h5-6,9,17-18H,7-8H2,1-4H3.